The summed E-state index contributed by atoms with van der Waals surface area (Å²) in [6.45, 7) is 6.75. The van der Waals surface area contributed by atoms with Gasteiger partial charge in [0.05, 0.1) is 11.4 Å². The predicted octanol–water partition coefficient (Wildman–Crippen LogP) is 1.09. The van der Waals surface area contributed by atoms with E-state index in [0.717, 1.165) is 31.6 Å². The minimum Gasteiger partial charge on any atom is -0.352 e. The van der Waals surface area contributed by atoms with Gasteiger partial charge in [-0.15, -0.1) is 0 Å². The molecule has 1 saturated heterocycles. The summed E-state index contributed by atoms with van der Waals surface area (Å²) in [6.07, 6.45) is 2.97. The van der Waals surface area contributed by atoms with Crippen LogP contribution in [0.2, 0.25) is 0 Å². The summed E-state index contributed by atoms with van der Waals surface area (Å²) in [7, 11) is -3.11. The van der Waals surface area contributed by atoms with Gasteiger partial charge in [0.25, 0.3) is 0 Å². The Morgan fingerprint density at radius 2 is 2.12 bits per heavy atom. The lowest BCUT2D eigenvalue weighted by Gasteiger charge is -2.22. The molecule has 7 heteroatoms. The summed E-state index contributed by atoms with van der Waals surface area (Å²) in [5, 5.41) is 3.03. The summed E-state index contributed by atoms with van der Waals surface area (Å²) in [6, 6.07) is 5.93. The van der Waals surface area contributed by atoms with Crippen LogP contribution < -0.4 is 5.32 Å². The van der Waals surface area contributed by atoms with E-state index in [-0.39, 0.29) is 24.1 Å². The molecule has 0 aromatic carbocycles. The van der Waals surface area contributed by atoms with Crippen molar-refractivity contribution in [1.82, 2.24) is 15.2 Å². The summed E-state index contributed by atoms with van der Waals surface area (Å²) in [4.78, 5) is 18.7. The largest absolute Gasteiger partial charge is 0.352 e. The highest BCUT2D eigenvalue weighted by molar-refractivity contribution is 7.90. The van der Waals surface area contributed by atoms with Crippen molar-refractivity contribution in [2.45, 2.75) is 32.9 Å². The first-order valence-electron chi connectivity index (χ1n) is 8.34. The fourth-order valence-corrected chi connectivity index (χ4v) is 3.70. The third-order valence-electron chi connectivity index (χ3n) is 4.46. The van der Waals surface area contributed by atoms with Gasteiger partial charge in [0, 0.05) is 44.5 Å². The van der Waals surface area contributed by atoms with Gasteiger partial charge in [-0.25, -0.2) is 8.42 Å². The minimum absolute atomic E-state index is 0.0282. The van der Waals surface area contributed by atoms with Gasteiger partial charge in [0.1, 0.15) is 9.84 Å². The number of hydrogen-bond donors (Lipinski definition) is 1. The number of pyridine rings is 1. The molecule has 2 rings (SSSR count). The molecule has 0 spiro atoms. The first-order valence-corrected chi connectivity index (χ1v) is 10.4. The second kappa shape index (κ2) is 8.07. The van der Waals surface area contributed by atoms with Crippen LogP contribution in [0.25, 0.3) is 0 Å². The van der Waals surface area contributed by atoms with E-state index in [2.05, 4.69) is 29.0 Å². The topological polar surface area (TPSA) is 79.4 Å². The monoisotopic (exact) mass is 353 g/mol. The van der Waals surface area contributed by atoms with Crippen LogP contribution in [0.4, 0.5) is 0 Å². The molecule has 1 amide bonds. The first-order chi connectivity index (χ1) is 11.2. The van der Waals surface area contributed by atoms with Crippen molar-refractivity contribution < 1.29 is 13.2 Å². The standard InChI is InChI=1S/C17H27N3O3S/c1-13(2)15-11-20(10-14-6-4-5-8-18-14)12-16(15)19-17(21)7-9-24(3,22)23/h4-6,8,13,15-16H,7,9-12H2,1-3H3,(H,19,21)/t15-,16+/m1/s1. The lowest BCUT2D eigenvalue weighted by atomic mass is 9.91. The molecule has 134 valence electrons. The van der Waals surface area contributed by atoms with E-state index in [1.807, 2.05) is 18.2 Å². The molecule has 2 heterocycles. The highest BCUT2D eigenvalue weighted by atomic mass is 32.2. The lowest BCUT2D eigenvalue weighted by Crippen LogP contribution is -2.42. The molecule has 0 saturated carbocycles. The Balaban J connectivity index is 1.93. The summed E-state index contributed by atoms with van der Waals surface area (Å²) >= 11 is 0. The van der Waals surface area contributed by atoms with Crippen LogP contribution in [0.1, 0.15) is 26.0 Å². The van der Waals surface area contributed by atoms with Gasteiger partial charge in [-0.1, -0.05) is 19.9 Å². The maximum absolute atomic E-state index is 12.1. The van der Waals surface area contributed by atoms with Gasteiger partial charge in [-0.3, -0.25) is 14.7 Å². The Labute approximate surface area is 144 Å². The van der Waals surface area contributed by atoms with Crippen LogP contribution in [0, 0.1) is 11.8 Å². The molecule has 0 unspecified atom stereocenters. The summed E-state index contributed by atoms with van der Waals surface area (Å²) < 4.78 is 22.4. The van der Waals surface area contributed by atoms with E-state index in [4.69, 9.17) is 0 Å². The molecule has 0 bridgehead atoms. The number of nitrogens with zero attached hydrogens (tertiary/aromatic N) is 2. The predicted molar refractivity (Wildman–Crippen MR) is 94.1 cm³/mol. The number of carbonyl (C=O) groups is 1. The fourth-order valence-electron chi connectivity index (χ4n) is 3.15. The van der Waals surface area contributed by atoms with Crippen molar-refractivity contribution >= 4 is 15.7 Å². The normalized spacial score (nSPS) is 22.0. The Hall–Kier alpha value is -1.47. The highest BCUT2D eigenvalue weighted by Gasteiger charge is 2.35. The Bertz CT molecular complexity index is 646. The summed E-state index contributed by atoms with van der Waals surface area (Å²) in [5.41, 5.74) is 1.02. The zero-order chi connectivity index (χ0) is 17.7. The van der Waals surface area contributed by atoms with Crippen LogP contribution in [0.3, 0.4) is 0 Å². The van der Waals surface area contributed by atoms with Gasteiger partial charge in [-0.05, 0) is 24.0 Å². The Morgan fingerprint density at radius 1 is 1.38 bits per heavy atom. The third-order valence-corrected chi connectivity index (χ3v) is 5.40. The van der Waals surface area contributed by atoms with E-state index in [0.29, 0.717) is 11.8 Å². The molecule has 2 atom stereocenters. The molecule has 0 aliphatic carbocycles. The zero-order valence-corrected chi connectivity index (χ0v) is 15.4. The Morgan fingerprint density at radius 3 is 2.71 bits per heavy atom. The molecule has 1 aliphatic rings. The molecule has 0 radical (unpaired) electrons. The molecular weight excluding hydrogens is 326 g/mol. The molecule has 1 aromatic rings. The number of nitrogens with one attached hydrogen (secondary N) is 1. The number of carbonyl (C=O) groups excluding carboxylic acids is 1. The molecule has 1 N–H and O–H groups in total. The van der Waals surface area contributed by atoms with Crippen molar-refractivity contribution in [3.05, 3.63) is 30.1 Å². The van der Waals surface area contributed by atoms with E-state index in [1.165, 1.54) is 0 Å². The second-order valence-corrected chi connectivity index (χ2v) is 9.24. The van der Waals surface area contributed by atoms with Crippen molar-refractivity contribution in [2.75, 3.05) is 25.1 Å². The molecule has 1 aromatic heterocycles. The maximum Gasteiger partial charge on any atom is 0.221 e. The molecule has 6 nitrogen and oxygen atoms in total. The van der Waals surface area contributed by atoms with E-state index >= 15 is 0 Å². The number of aromatic nitrogens is 1. The van der Waals surface area contributed by atoms with Gasteiger partial charge < -0.3 is 5.32 Å². The second-order valence-electron chi connectivity index (χ2n) is 6.98. The number of rotatable bonds is 7. The van der Waals surface area contributed by atoms with Crippen molar-refractivity contribution in [2.24, 2.45) is 11.8 Å². The minimum atomic E-state index is -3.11. The fraction of sp³-hybridized carbons (Fsp3) is 0.647. The molecular formula is C17H27N3O3S. The zero-order valence-electron chi connectivity index (χ0n) is 14.6. The number of hydrogen-bond acceptors (Lipinski definition) is 5. The molecule has 1 aliphatic heterocycles. The quantitative estimate of drug-likeness (QED) is 0.794. The van der Waals surface area contributed by atoms with Crippen LogP contribution in [-0.4, -0.2) is 55.3 Å². The van der Waals surface area contributed by atoms with Crippen molar-refractivity contribution in [3.8, 4) is 0 Å². The van der Waals surface area contributed by atoms with Crippen LogP contribution in [0.5, 0.6) is 0 Å². The maximum atomic E-state index is 12.1. The van der Waals surface area contributed by atoms with Crippen molar-refractivity contribution in [1.29, 1.82) is 0 Å². The molecule has 24 heavy (non-hydrogen) atoms. The van der Waals surface area contributed by atoms with Gasteiger partial charge in [0.2, 0.25) is 5.91 Å². The van der Waals surface area contributed by atoms with Gasteiger partial charge in [-0.2, -0.15) is 0 Å². The van der Waals surface area contributed by atoms with E-state index in [1.54, 1.807) is 6.20 Å². The first kappa shape index (κ1) is 18.9. The highest BCUT2D eigenvalue weighted by Crippen LogP contribution is 2.25. The van der Waals surface area contributed by atoms with Crippen LogP contribution >= 0.6 is 0 Å². The smallest absolute Gasteiger partial charge is 0.221 e. The third kappa shape index (κ3) is 5.87. The van der Waals surface area contributed by atoms with Gasteiger partial charge >= 0.3 is 0 Å². The van der Waals surface area contributed by atoms with Crippen LogP contribution in [-0.2, 0) is 21.2 Å². The summed E-state index contributed by atoms with van der Waals surface area (Å²) in [5.74, 6) is 0.515. The van der Waals surface area contributed by atoms with Crippen LogP contribution in [0.15, 0.2) is 24.4 Å². The van der Waals surface area contributed by atoms with Gasteiger partial charge in [0.15, 0.2) is 0 Å². The van der Waals surface area contributed by atoms with E-state index in [9.17, 15) is 13.2 Å². The SMILES string of the molecule is CC(C)[C@H]1CN(Cc2ccccn2)C[C@@H]1NC(=O)CCS(C)(=O)=O. The number of sulfone groups is 1. The van der Waals surface area contributed by atoms with Crippen molar-refractivity contribution in [3.63, 3.8) is 0 Å². The average molecular weight is 353 g/mol. The molecule has 1 fully saturated rings. The number of amides is 1. The average Bonchev–Trinajstić information content (AvgIpc) is 2.88. The lowest BCUT2D eigenvalue weighted by molar-refractivity contribution is -0.121. The number of likely N-dealkylation sites (tertiary alicyclic amines) is 1. The van der Waals surface area contributed by atoms with E-state index < -0.39 is 9.84 Å². The Kier molecular flexibility index (Phi) is 6.34.